The zero-order valence-electron chi connectivity index (χ0n) is 16.2. The Bertz CT molecular complexity index is 983. The van der Waals surface area contributed by atoms with E-state index in [0.29, 0.717) is 17.5 Å². The Labute approximate surface area is 200 Å². The molecule has 1 N–H and O–H groups in total. The summed E-state index contributed by atoms with van der Waals surface area (Å²) in [4.78, 5) is 12.0. The van der Waals surface area contributed by atoms with Gasteiger partial charge in [-0.1, -0.05) is 12.1 Å². The Morgan fingerprint density at radius 1 is 1.23 bits per heavy atom. The van der Waals surface area contributed by atoms with Crippen LogP contribution in [0, 0.1) is 12.3 Å². The minimum atomic E-state index is -1.33. The van der Waals surface area contributed by atoms with Gasteiger partial charge in [0.25, 0.3) is 0 Å². The monoisotopic (exact) mass is 437 g/mol. The van der Waals surface area contributed by atoms with Gasteiger partial charge in [0.05, 0.1) is 29.9 Å². The number of nitrogens with zero attached hydrogens (tertiary/aromatic N) is 2. The molecule has 1 atom stereocenters. The molecule has 0 bridgehead atoms. The first kappa shape index (κ1) is 22.1. The molecule has 0 radical (unpaired) electrons. The van der Waals surface area contributed by atoms with Gasteiger partial charge >= 0.3 is 34.7 Å². The van der Waals surface area contributed by atoms with Crippen LogP contribution >= 0.6 is 0 Å². The van der Waals surface area contributed by atoms with Gasteiger partial charge in [-0.05, 0) is 38.0 Å². The van der Waals surface area contributed by atoms with Crippen LogP contribution < -0.4 is 4.74 Å². The van der Waals surface area contributed by atoms with Gasteiger partial charge in [-0.3, -0.25) is 9.97 Å². The van der Waals surface area contributed by atoms with Gasteiger partial charge in [-0.2, -0.15) is 4.98 Å². The molecule has 2 fully saturated rings. The van der Waals surface area contributed by atoms with E-state index >= 15 is 0 Å². The van der Waals surface area contributed by atoms with Crippen LogP contribution in [0.1, 0.15) is 24.1 Å². The third kappa shape index (κ3) is 4.70. The summed E-state index contributed by atoms with van der Waals surface area (Å²) in [5.41, 5.74) is 3.54. The molecule has 3 heterocycles. The Balaban J connectivity index is 0.00000218. The average molecular weight is 437 g/mol. The summed E-state index contributed by atoms with van der Waals surface area (Å²) in [6.07, 6.45) is 3.71. The molecule has 1 saturated heterocycles. The second-order valence-electron chi connectivity index (χ2n) is 7.79. The summed E-state index contributed by atoms with van der Waals surface area (Å²) in [7, 11) is 0. The van der Waals surface area contributed by atoms with Crippen LogP contribution in [0.15, 0.2) is 41.7 Å². The van der Waals surface area contributed by atoms with E-state index in [0.717, 1.165) is 35.5 Å². The zero-order chi connectivity index (χ0) is 19.8. The van der Waals surface area contributed by atoms with Crippen molar-refractivity contribution in [1.29, 1.82) is 0 Å². The van der Waals surface area contributed by atoms with Gasteiger partial charge < -0.3 is 18.8 Å². The molecule has 7 nitrogen and oxygen atoms in total. The molecule has 1 unspecified atom stereocenters. The van der Waals surface area contributed by atoms with E-state index < -0.39 is 11.2 Å². The number of ether oxygens (including phenoxy) is 3. The molecular formula is C21H24N3NaO4S. The molecule has 5 rings (SSSR count). The summed E-state index contributed by atoms with van der Waals surface area (Å²) in [6, 6.07) is 9.46. The average Bonchev–Trinajstić information content (AvgIpc) is 3.34. The van der Waals surface area contributed by atoms with E-state index in [1.54, 1.807) is 6.20 Å². The molecule has 2 aromatic heterocycles. The summed E-state index contributed by atoms with van der Waals surface area (Å²) in [5, 5.41) is 0.455. The summed E-state index contributed by atoms with van der Waals surface area (Å²) in [5.74, 6) is 0.970. The molecule has 1 aliphatic heterocycles. The quantitative estimate of drug-likeness (QED) is 0.471. The maximum atomic E-state index is 12.8. The van der Waals surface area contributed by atoms with Crippen LogP contribution in [-0.4, -0.2) is 75.2 Å². The number of nitrogens with one attached hydrogen (secondary N) is 1. The van der Waals surface area contributed by atoms with Gasteiger partial charge in [0, 0.05) is 28.4 Å². The van der Waals surface area contributed by atoms with E-state index in [1.807, 2.05) is 37.3 Å². The standard InChI is InChI=1S/C21H23N3O4S.Na.H/c1-14-17(11-29(25)20-23-15-4-2-3-5-16(15)24-20)22-9-6-18(14)26-10-19-27-12-21(7-8-21)13-28-19;;/h2-6,9,19H,7-8,10-13H2,1H3,(H,23,24);;. The van der Waals surface area contributed by atoms with Gasteiger partial charge in [0.15, 0.2) is 12.0 Å². The Hall–Kier alpha value is -1.13. The first-order valence-electron chi connectivity index (χ1n) is 9.76. The summed E-state index contributed by atoms with van der Waals surface area (Å²) in [6.45, 7) is 3.75. The predicted molar refractivity (Wildman–Crippen MR) is 115 cm³/mol. The molecule has 1 saturated carbocycles. The fourth-order valence-electron chi connectivity index (χ4n) is 3.44. The SMILES string of the molecule is Cc1c(OCC2OCC3(CC3)CO2)ccnc1C[S+]([O-])c1nc2ccccc2[nH]1.[NaH]. The van der Waals surface area contributed by atoms with Crippen molar-refractivity contribution in [3.8, 4) is 5.75 Å². The van der Waals surface area contributed by atoms with Crippen molar-refractivity contribution in [3.05, 3.63) is 47.8 Å². The first-order valence-corrected chi connectivity index (χ1v) is 11.1. The number of rotatable bonds is 6. The number of benzene rings is 1. The molecule has 2 aliphatic rings. The number of pyridine rings is 1. The molecule has 3 aromatic rings. The van der Waals surface area contributed by atoms with Crippen LogP contribution in [0.4, 0.5) is 0 Å². The van der Waals surface area contributed by atoms with Gasteiger partial charge in [-0.15, -0.1) is 0 Å². The second-order valence-corrected chi connectivity index (χ2v) is 9.16. The molecule has 30 heavy (non-hydrogen) atoms. The molecule has 9 heteroatoms. The van der Waals surface area contributed by atoms with Crippen LogP contribution in [0.5, 0.6) is 5.75 Å². The Morgan fingerprint density at radius 3 is 2.73 bits per heavy atom. The van der Waals surface area contributed by atoms with Crippen molar-refractivity contribution in [1.82, 2.24) is 15.0 Å². The normalized spacial score (nSPS) is 18.9. The van der Waals surface area contributed by atoms with Crippen molar-refractivity contribution in [2.45, 2.75) is 37.0 Å². The number of H-pyrrole nitrogens is 1. The molecular weight excluding hydrogens is 413 g/mol. The number of imidazole rings is 1. The number of hydrogen-bond donors (Lipinski definition) is 1. The third-order valence-corrected chi connectivity index (χ3v) is 6.75. The fourth-order valence-corrected chi connectivity index (χ4v) is 4.54. The number of para-hydroxylation sites is 2. The summed E-state index contributed by atoms with van der Waals surface area (Å²) >= 11 is -1.33. The van der Waals surface area contributed by atoms with Gasteiger partial charge in [0.1, 0.15) is 12.4 Å². The van der Waals surface area contributed by atoms with E-state index in [1.165, 1.54) is 12.8 Å². The zero-order valence-corrected chi connectivity index (χ0v) is 17.0. The second kappa shape index (κ2) is 9.16. The first-order chi connectivity index (χ1) is 14.1. The van der Waals surface area contributed by atoms with E-state index in [2.05, 4.69) is 15.0 Å². The summed E-state index contributed by atoms with van der Waals surface area (Å²) < 4.78 is 30.3. The van der Waals surface area contributed by atoms with Crippen LogP contribution in [0.25, 0.3) is 11.0 Å². The van der Waals surface area contributed by atoms with Crippen molar-refractivity contribution in [2.75, 3.05) is 19.8 Å². The van der Waals surface area contributed by atoms with Gasteiger partial charge in [0.2, 0.25) is 0 Å². The van der Waals surface area contributed by atoms with E-state index in [-0.39, 0.29) is 47.0 Å². The topological polar surface area (TPSA) is 92.3 Å². The number of fused-ring (bicyclic) bond motifs is 1. The van der Waals surface area contributed by atoms with Crippen molar-refractivity contribution >= 4 is 51.8 Å². The predicted octanol–water partition coefficient (Wildman–Crippen LogP) is 2.46. The van der Waals surface area contributed by atoms with E-state index in [4.69, 9.17) is 14.2 Å². The van der Waals surface area contributed by atoms with Crippen molar-refractivity contribution in [2.24, 2.45) is 5.41 Å². The van der Waals surface area contributed by atoms with Gasteiger partial charge in [-0.25, -0.2) is 0 Å². The Morgan fingerprint density at radius 2 is 2.00 bits per heavy atom. The number of aromatic nitrogens is 3. The molecule has 1 aliphatic carbocycles. The van der Waals surface area contributed by atoms with Crippen LogP contribution in [0.3, 0.4) is 0 Å². The van der Waals surface area contributed by atoms with Crippen molar-refractivity contribution < 1.29 is 18.8 Å². The third-order valence-electron chi connectivity index (χ3n) is 5.59. The minimum absolute atomic E-state index is 0. The number of aromatic amines is 1. The molecule has 0 amide bonds. The number of hydrogen-bond acceptors (Lipinski definition) is 6. The fraction of sp³-hybridized carbons (Fsp3) is 0.429. The van der Waals surface area contributed by atoms with E-state index in [9.17, 15) is 4.55 Å². The van der Waals surface area contributed by atoms with Crippen LogP contribution in [0.2, 0.25) is 0 Å². The molecule has 1 spiro atoms. The molecule has 1 aromatic carbocycles. The Kier molecular flexibility index (Phi) is 6.74. The van der Waals surface area contributed by atoms with Crippen molar-refractivity contribution in [3.63, 3.8) is 0 Å². The van der Waals surface area contributed by atoms with Crippen LogP contribution in [-0.2, 0) is 26.4 Å². The molecule has 154 valence electrons. The maximum absolute atomic E-state index is 12.8.